The van der Waals surface area contributed by atoms with Gasteiger partial charge in [0.05, 0.1) is 6.04 Å². The van der Waals surface area contributed by atoms with Gasteiger partial charge >= 0.3 is 6.09 Å². The predicted octanol–water partition coefficient (Wildman–Crippen LogP) is 1.52. The molecular weight excluding hydrogens is 220 g/mol. The van der Waals surface area contributed by atoms with E-state index < -0.39 is 5.60 Å². The average molecular weight is 242 g/mol. The van der Waals surface area contributed by atoms with Gasteiger partial charge in [0.15, 0.2) is 0 Å². The SMILES string of the molecule is CC(=O)NCC1CCCN1C(=O)OC(C)(C)C. The number of amides is 2. The number of ether oxygens (including phenoxy) is 1. The summed E-state index contributed by atoms with van der Waals surface area (Å²) in [6, 6.07) is 0.0637. The number of nitrogens with one attached hydrogen (secondary N) is 1. The first-order valence-electron chi connectivity index (χ1n) is 6.03. The topological polar surface area (TPSA) is 58.6 Å². The van der Waals surface area contributed by atoms with Gasteiger partial charge in [0.2, 0.25) is 5.91 Å². The summed E-state index contributed by atoms with van der Waals surface area (Å²) in [7, 11) is 0. The molecule has 17 heavy (non-hydrogen) atoms. The van der Waals surface area contributed by atoms with Gasteiger partial charge in [-0.05, 0) is 33.6 Å². The third-order valence-electron chi connectivity index (χ3n) is 2.59. The van der Waals surface area contributed by atoms with Crippen LogP contribution in [0.2, 0.25) is 0 Å². The van der Waals surface area contributed by atoms with Crippen molar-refractivity contribution in [1.29, 1.82) is 0 Å². The molecule has 1 atom stereocenters. The van der Waals surface area contributed by atoms with E-state index in [1.54, 1.807) is 4.90 Å². The van der Waals surface area contributed by atoms with E-state index in [4.69, 9.17) is 4.74 Å². The van der Waals surface area contributed by atoms with E-state index in [2.05, 4.69) is 5.32 Å². The molecule has 0 radical (unpaired) electrons. The normalized spacial score (nSPS) is 20.2. The molecule has 1 rings (SSSR count). The Hall–Kier alpha value is -1.26. The van der Waals surface area contributed by atoms with Gasteiger partial charge in [-0.25, -0.2) is 4.79 Å². The number of hydrogen-bond donors (Lipinski definition) is 1. The van der Waals surface area contributed by atoms with Crippen molar-refractivity contribution < 1.29 is 14.3 Å². The quantitative estimate of drug-likeness (QED) is 0.798. The van der Waals surface area contributed by atoms with Gasteiger partial charge in [-0.1, -0.05) is 0 Å². The molecule has 98 valence electrons. The Morgan fingerprint density at radius 3 is 2.59 bits per heavy atom. The van der Waals surface area contributed by atoms with E-state index in [0.717, 1.165) is 12.8 Å². The molecule has 2 amide bonds. The predicted molar refractivity (Wildman–Crippen MR) is 64.6 cm³/mol. The minimum atomic E-state index is -0.474. The molecule has 1 fully saturated rings. The average Bonchev–Trinajstić information content (AvgIpc) is 2.59. The van der Waals surface area contributed by atoms with Crippen LogP contribution >= 0.6 is 0 Å². The number of carbonyl (C=O) groups is 2. The van der Waals surface area contributed by atoms with Crippen LogP contribution in [0.25, 0.3) is 0 Å². The largest absolute Gasteiger partial charge is 0.444 e. The van der Waals surface area contributed by atoms with Crippen LogP contribution in [0, 0.1) is 0 Å². The van der Waals surface area contributed by atoms with Crippen molar-refractivity contribution in [1.82, 2.24) is 10.2 Å². The van der Waals surface area contributed by atoms with E-state index >= 15 is 0 Å². The van der Waals surface area contributed by atoms with Gasteiger partial charge in [-0.3, -0.25) is 4.79 Å². The number of nitrogens with zero attached hydrogens (tertiary/aromatic N) is 1. The zero-order valence-corrected chi connectivity index (χ0v) is 11.1. The fraction of sp³-hybridized carbons (Fsp3) is 0.833. The molecule has 0 bridgehead atoms. The molecular formula is C12H22N2O3. The Bertz CT molecular complexity index is 297. The number of likely N-dealkylation sites (tertiary alicyclic amines) is 1. The summed E-state index contributed by atoms with van der Waals surface area (Å²) in [6.45, 7) is 8.25. The molecule has 0 aliphatic carbocycles. The third-order valence-corrected chi connectivity index (χ3v) is 2.59. The van der Waals surface area contributed by atoms with Crippen LogP contribution in [-0.2, 0) is 9.53 Å². The van der Waals surface area contributed by atoms with Crippen LogP contribution in [0.15, 0.2) is 0 Å². The Balaban J connectivity index is 2.51. The minimum absolute atomic E-state index is 0.0637. The van der Waals surface area contributed by atoms with Gasteiger partial charge in [0.25, 0.3) is 0 Å². The van der Waals surface area contributed by atoms with Crippen molar-refractivity contribution in [3.8, 4) is 0 Å². The van der Waals surface area contributed by atoms with Gasteiger partial charge < -0.3 is 15.0 Å². The molecule has 5 heteroatoms. The van der Waals surface area contributed by atoms with E-state index in [9.17, 15) is 9.59 Å². The van der Waals surface area contributed by atoms with E-state index in [0.29, 0.717) is 13.1 Å². The van der Waals surface area contributed by atoms with Crippen LogP contribution in [0.1, 0.15) is 40.5 Å². The molecule has 0 aromatic rings. The Morgan fingerprint density at radius 1 is 1.41 bits per heavy atom. The second-order valence-electron chi connectivity index (χ2n) is 5.41. The molecule has 5 nitrogen and oxygen atoms in total. The van der Waals surface area contributed by atoms with E-state index in [1.807, 2.05) is 20.8 Å². The summed E-state index contributed by atoms with van der Waals surface area (Å²) in [5.74, 6) is -0.0685. The highest BCUT2D eigenvalue weighted by atomic mass is 16.6. The Morgan fingerprint density at radius 2 is 2.06 bits per heavy atom. The zero-order valence-electron chi connectivity index (χ0n) is 11.1. The molecule has 1 saturated heterocycles. The zero-order chi connectivity index (χ0) is 13.1. The maximum absolute atomic E-state index is 11.9. The summed E-state index contributed by atoms with van der Waals surface area (Å²) < 4.78 is 5.33. The molecule has 0 aromatic carbocycles. The second kappa shape index (κ2) is 5.38. The van der Waals surface area contributed by atoms with Crippen LogP contribution < -0.4 is 5.32 Å². The lowest BCUT2D eigenvalue weighted by Gasteiger charge is -2.28. The first kappa shape index (κ1) is 13.8. The first-order chi connectivity index (χ1) is 7.79. The number of carbonyl (C=O) groups excluding carboxylic acids is 2. The van der Waals surface area contributed by atoms with Crippen molar-refractivity contribution >= 4 is 12.0 Å². The molecule has 0 aromatic heterocycles. The number of rotatable bonds is 2. The Kier molecular flexibility index (Phi) is 4.37. The molecule has 1 heterocycles. The molecule has 0 spiro atoms. The summed E-state index contributed by atoms with van der Waals surface area (Å²) in [5, 5.41) is 2.75. The van der Waals surface area contributed by atoms with Crippen molar-refractivity contribution in [2.75, 3.05) is 13.1 Å². The smallest absolute Gasteiger partial charge is 0.410 e. The van der Waals surface area contributed by atoms with Gasteiger partial charge in [0, 0.05) is 20.0 Å². The minimum Gasteiger partial charge on any atom is -0.444 e. The maximum atomic E-state index is 11.9. The highest BCUT2D eigenvalue weighted by Crippen LogP contribution is 2.20. The highest BCUT2D eigenvalue weighted by Gasteiger charge is 2.31. The lowest BCUT2D eigenvalue weighted by molar-refractivity contribution is -0.119. The molecule has 0 saturated carbocycles. The maximum Gasteiger partial charge on any atom is 0.410 e. The summed E-state index contributed by atoms with van der Waals surface area (Å²) in [4.78, 5) is 24.5. The molecule has 1 N–H and O–H groups in total. The van der Waals surface area contributed by atoms with E-state index in [-0.39, 0.29) is 18.0 Å². The van der Waals surface area contributed by atoms with Crippen LogP contribution in [0.4, 0.5) is 4.79 Å². The molecule has 1 aliphatic heterocycles. The lowest BCUT2D eigenvalue weighted by Crippen LogP contribution is -2.44. The fourth-order valence-electron chi connectivity index (χ4n) is 1.87. The second-order valence-corrected chi connectivity index (χ2v) is 5.41. The fourth-order valence-corrected chi connectivity index (χ4v) is 1.87. The van der Waals surface area contributed by atoms with Crippen LogP contribution in [0.3, 0.4) is 0 Å². The van der Waals surface area contributed by atoms with Crippen molar-refractivity contribution in [2.24, 2.45) is 0 Å². The molecule has 1 aliphatic rings. The van der Waals surface area contributed by atoms with Crippen molar-refractivity contribution in [3.05, 3.63) is 0 Å². The first-order valence-corrected chi connectivity index (χ1v) is 6.03. The third kappa shape index (κ3) is 4.63. The summed E-state index contributed by atoms with van der Waals surface area (Å²) >= 11 is 0. The summed E-state index contributed by atoms with van der Waals surface area (Å²) in [5.41, 5.74) is -0.474. The van der Waals surface area contributed by atoms with Crippen LogP contribution in [-0.4, -0.2) is 41.6 Å². The molecule has 1 unspecified atom stereocenters. The van der Waals surface area contributed by atoms with Gasteiger partial charge in [-0.2, -0.15) is 0 Å². The highest BCUT2D eigenvalue weighted by molar-refractivity contribution is 5.73. The monoisotopic (exact) mass is 242 g/mol. The Labute approximate surface area is 102 Å². The van der Waals surface area contributed by atoms with Gasteiger partial charge in [0.1, 0.15) is 5.60 Å². The standard InChI is InChI=1S/C12H22N2O3/c1-9(15)13-8-10-6-5-7-14(10)11(16)17-12(2,3)4/h10H,5-8H2,1-4H3,(H,13,15). The van der Waals surface area contributed by atoms with Gasteiger partial charge in [-0.15, -0.1) is 0 Å². The number of hydrogen-bond acceptors (Lipinski definition) is 3. The van der Waals surface area contributed by atoms with Crippen molar-refractivity contribution in [3.63, 3.8) is 0 Å². The lowest BCUT2D eigenvalue weighted by atomic mass is 10.2. The van der Waals surface area contributed by atoms with Crippen LogP contribution in [0.5, 0.6) is 0 Å². The van der Waals surface area contributed by atoms with Crippen molar-refractivity contribution in [2.45, 2.75) is 52.2 Å². The van der Waals surface area contributed by atoms with E-state index in [1.165, 1.54) is 6.92 Å². The summed E-state index contributed by atoms with van der Waals surface area (Å²) in [6.07, 6.45) is 1.59.